The van der Waals surface area contributed by atoms with Crippen molar-refractivity contribution in [1.29, 1.82) is 0 Å². The van der Waals surface area contributed by atoms with Crippen LogP contribution in [0.3, 0.4) is 0 Å². The number of carbonyl (C=O) groups is 2. The van der Waals surface area contributed by atoms with E-state index in [9.17, 15) is 18.4 Å². The highest BCUT2D eigenvalue weighted by molar-refractivity contribution is 5.81. The smallest absolute Gasteiger partial charge is 0.378 e. The molecule has 0 N–H and O–H groups in total. The largest absolute Gasteiger partial charge is 0.421 e. The molecule has 0 radical (unpaired) electrons. The van der Waals surface area contributed by atoms with Crippen molar-refractivity contribution in [2.24, 2.45) is 0 Å². The molecule has 10 heteroatoms. The Bertz CT molecular complexity index is 738. The number of halogens is 2. The second-order valence-electron chi connectivity index (χ2n) is 4.79. The number of rotatable bonds is 2. The van der Waals surface area contributed by atoms with Crippen LogP contribution in [0, 0.1) is 11.6 Å². The van der Waals surface area contributed by atoms with Crippen LogP contribution in [-0.4, -0.2) is 58.6 Å². The predicted molar refractivity (Wildman–Crippen MR) is 70.0 cm³/mol. The topological polar surface area (TPSA) is 81.2 Å². The van der Waals surface area contributed by atoms with Crippen molar-refractivity contribution in [3.63, 3.8) is 0 Å². The van der Waals surface area contributed by atoms with Crippen LogP contribution < -0.4 is 4.68 Å². The summed E-state index contributed by atoms with van der Waals surface area (Å²) in [7, 11) is 0. The van der Waals surface area contributed by atoms with Gasteiger partial charge in [0, 0.05) is 36.0 Å². The summed E-state index contributed by atoms with van der Waals surface area (Å²) in [5.41, 5.74) is -0.0503. The monoisotopic (exact) mass is 324 g/mol. The van der Waals surface area contributed by atoms with Crippen LogP contribution in [0.15, 0.2) is 18.2 Å². The number of benzene rings is 1. The van der Waals surface area contributed by atoms with Gasteiger partial charge in [0.2, 0.25) is 6.29 Å². The maximum atomic E-state index is 13.3. The number of hydrogen-bond acceptors (Lipinski definition) is 5. The first-order valence-corrected chi connectivity index (χ1v) is 6.77. The molecule has 1 fully saturated rings. The molecule has 2 heterocycles. The zero-order valence-corrected chi connectivity index (χ0v) is 11.9. The first kappa shape index (κ1) is 15.2. The lowest BCUT2D eigenvalue weighted by Gasteiger charge is -2.23. The molecule has 0 atom stereocenters. The molecule has 23 heavy (non-hydrogen) atoms. The number of tetrazole rings is 1. The van der Waals surface area contributed by atoms with Crippen molar-refractivity contribution >= 4 is 12.3 Å². The third-order valence-corrected chi connectivity index (χ3v) is 3.31. The summed E-state index contributed by atoms with van der Waals surface area (Å²) in [5.74, 6) is -1.91. The minimum Gasteiger partial charge on any atom is -0.378 e. The number of morpholine rings is 1. The molecule has 0 bridgehead atoms. The Hall–Kier alpha value is -2.75. The number of ether oxygens (including phenoxy) is 1. The van der Waals surface area contributed by atoms with E-state index < -0.39 is 17.7 Å². The van der Waals surface area contributed by atoms with Gasteiger partial charge in [-0.3, -0.25) is 4.79 Å². The first-order valence-electron chi connectivity index (χ1n) is 6.77. The van der Waals surface area contributed by atoms with Crippen LogP contribution in [-0.2, 0) is 4.74 Å². The minimum atomic E-state index is -0.835. The van der Waals surface area contributed by atoms with Crippen molar-refractivity contribution in [2.45, 2.75) is 0 Å². The maximum absolute atomic E-state index is 13.3. The fourth-order valence-corrected chi connectivity index (χ4v) is 2.23. The van der Waals surface area contributed by atoms with Gasteiger partial charge in [-0.2, -0.15) is 0 Å². The van der Waals surface area contributed by atoms with Crippen molar-refractivity contribution < 1.29 is 27.8 Å². The second kappa shape index (κ2) is 6.16. The molecule has 1 saturated heterocycles. The van der Waals surface area contributed by atoms with Crippen LogP contribution in [0.4, 0.5) is 13.6 Å². The summed E-state index contributed by atoms with van der Waals surface area (Å²) in [6.45, 7) is 1.47. The number of amides is 1. The highest BCUT2D eigenvalue weighted by atomic mass is 19.1. The molecule has 1 aromatic carbocycles. The number of nitrogens with zero attached hydrogens (tertiary/aromatic N) is 5. The van der Waals surface area contributed by atoms with Gasteiger partial charge in [0.05, 0.1) is 13.2 Å². The van der Waals surface area contributed by atoms with E-state index in [0.29, 0.717) is 38.7 Å². The Morgan fingerprint density at radius 2 is 1.87 bits per heavy atom. The van der Waals surface area contributed by atoms with Gasteiger partial charge in [0.1, 0.15) is 22.5 Å². The molecule has 0 unspecified atom stereocenters. The lowest BCUT2D eigenvalue weighted by atomic mass is 10.3. The molecule has 3 rings (SSSR count). The molecule has 1 aliphatic rings. The standard InChI is InChI=1S/C13H12F2N5O3/c14-9-5-10(15)7-11(6-9)19-12(8-21)20(17-16-19)13(22)18-1-3-23-4-2-18/h5-8H,1-4H2/q+1. The van der Waals surface area contributed by atoms with Crippen LogP contribution in [0.5, 0.6) is 0 Å². The molecule has 0 saturated carbocycles. The maximum Gasteiger partial charge on any atom is 0.421 e. The molecule has 2 aromatic rings. The fraction of sp³-hybridized carbons (Fsp3) is 0.308. The molecule has 1 aliphatic heterocycles. The van der Waals surface area contributed by atoms with Crippen molar-refractivity contribution in [2.75, 3.05) is 26.3 Å². The van der Waals surface area contributed by atoms with Gasteiger partial charge in [-0.1, -0.05) is 4.68 Å². The molecule has 8 nitrogen and oxygen atoms in total. The van der Waals surface area contributed by atoms with E-state index in [-0.39, 0.29) is 11.5 Å². The van der Waals surface area contributed by atoms with E-state index in [0.717, 1.165) is 21.5 Å². The van der Waals surface area contributed by atoms with Gasteiger partial charge in [0.15, 0.2) is 5.21 Å². The summed E-state index contributed by atoms with van der Waals surface area (Å²) in [6, 6.07) is 2.09. The Labute approximate surface area is 128 Å². The SMILES string of the molecule is O=Cc1n(C(=O)N2CCOCC2)nn[n+]1-c1cc(F)cc(F)c1. The fourth-order valence-electron chi connectivity index (χ4n) is 2.23. The third-order valence-electron chi connectivity index (χ3n) is 3.31. The zero-order chi connectivity index (χ0) is 16.4. The van der Waals surface area contributed by atoms with Gasteiger partial charge in [0.25, 0.3) is 0 Å². The molecular weight excluding hydrogens is 312 g/mol. The molecule has 0 spiro atoms. The van der Waals surface area contributed by atoms with Crippen LogP contribution in [0.2, 0.25) is 0 Å². The van der Waals surface area contributed by atoms with Gasteiger partial charge >= 0.3 is 11.9 Å². The number of aromatic nitrogens is 4. The highest BCUT2D eigenvalue weighted by Crippen LogP contribution is 2.08. The number of hydrogen-bond donors (Lipinski definition) is 0. The quantitative estimate of drug-likeness (QED) is 0.439. The number of aldehydes is 1. The molecule has 1 aromatic heterocycles. The summed E-state index contributed by atoms with van der Waals surface area (Å²) >= 11 is 0. The number of carbonyl (C=O) groups excluding carboxylic acids is 2. The van der Waals surface area contributed by atoms with Gasteiger partial charge in [-0.15, -0.1) is 0 Å². The van der Waals surface area contributed by atoms with Crippen LogP contribution in [0.25, 0.3) is 5.69 Å². The summed E-state index contributed by atoms with van der Waals surface area (Å²) < 4.78 is 33.5. The Morgan fingerprint density at radius 1 is 1.22 bits per heavy atom. The van der Waals surface area contributed by atoms with Gasteiger partial charge < -0.3 is 9.64 Å². The first-order chi connectivity index (χ1) is 11.1. The average molecular weight is 324 g/mol. The third kappa shape index (κ3) is 2.93. The summed E-state index contributed by atoms with van der Waals surface area (Å²) in [6.07, 6.45) is 0.348. The van der Waals surface area contributed by atoms with Gasteiger partial charge in [-0.05, 0) is 0 Å². The molecule has 120 valence electrons. The lowest BCUT2D eigenvalue weighted by Crippen LogP contribution is -2.45. The Kier molecular flexibility index (Phi) is 4.06. The highest BCUT2D eigenvalue weighted by Gasteiger charge is 2.32. The van der Waals surface area contributed by atoms with Crippen molar-refractivity contribution in [3.05, 3.63) is 35.7 Å². The van der Waals surface area contributed by atoms with E-state index in [1.54, 1.807) is 0 Å². The van der Waals surface area contributed by atoms with E-state index >= 15 is 0 Å². The van der Waals surface area contributed by atoms with E-state index in [1.807, 2.05) is 0 Å². The molecular formula is C13H12F2N5O3+. The average Bonchev–Trinajstić information content (AvgIpc) is 2.98. The van der Waals surface area contributed by atoms with Crippen molar-refractivity contribution in [1.82, 2.24) is 20.0 Å². The minimum absolute atomic E-state index is 0.0503. The van der Waals surface area contributed by atoms with Crippen LogP contribution in [0.1, 0.15) is 10.6 Å². The summed E-state index contributed by atoms with van der Waals surface area (Å²) in [5, 5.41) is 7.26. The second-order valence-corrected chi connectivity index (χ2v) is 4.79. The molecule has 0 aliphatic carbocycles. The van der Waals surface area contributed by atoms with E-state index in [2.05, 4.69) is 10.4 Å². The van der Waals surface area contributed by atoms with E-state index in [4.69, 9.17) is 4.74 Å². The Balaban J connectivity index is 1.99. The van der Waals surface area contributed by atoms with Crippen molar-refractivity contribution in [3.8, 4) is 5.69 Å². The zero-order valence-electron chi connectivity index (χ0n) is 11.9. The summed E-state index contributed by atoms with van der Waals surface area (Å²) in [4.78, 5) is 25.1. The molecule has 1 amide bonds. The Morgan fingerprint density at radius 3 is 2.48 bits per heavy atom. The van der Waals surface area contributed by atoms with Crippen LogP contribution >= 0.6 is 0 Å². The predicted octanol–water partition coefficient (Wildman–Crippen LogP) is -0.0542. The normalized spacial score (nSPS) is 14.8. The van der Waals surface area contributed by atoms with E-state index in [1.165, 1.54) is 4.90 Å². The lowest BCUT2D eigenvalue weighted by molar-refractivity contribution is -0.662. The van der Waals surface area contributed by atoms with Gasteiger partial charge in [-0.25, -0.2) is 13.6 Å².